The second-order valence-electron chi connectivity index (χ2n) is 7.12. The van der Waals surface area contributed by atoms with Crippen LogP contribution in [0.25, 0.3) is 10.9 Å². The maximum atomic E-state index is 13.9. The molecule has 172 valence electrons. The molecule has 10 heteroatoms. The molecular weight excluding hydrogens is 430 g/mol. The van der Waals surface area contributed by atoms with Crippen molar-refractivity contribution in [2.75, 3.05) is 32.8 Å². The summed E-state index contributed by atoms with van der Waals surface area (Å²) < 4.78 is 69.3. The zero-order valence-corrected chi connectivity index (χ0v) is 18.0. The molecular formula is C22H23F4N3O3. The summed E-state index contributed by atoms with van der Waals surface area (Å²) in [5.74, 6) is 0.747. The highest BCUT2D eigenvalue weighted by molar-refractivity contribution is 5.92. The van der Waals surface area contributed by atoms with Crippen molar-refractivity contribution in [3.05, 3.63) is 53.1 Å². The summed E-state index contributed by atoms with van der Waals surface area (Å²) in [5.41, 5.74) is -0.367. The lowest BCUT2D eigenvalue weighted by Crippen LogP contribution is -2.13. The van der Waals surface area contributed by atoms with E-state index in [0.717, 1.165) is 12.1 Å². The number of alkyl halides is 3. The van der Waals surface area contributed by atoms with Crippen molar-refractivity contribution in [1.82, 2.24) is 9.97 Å². The van der Waals surface area contributed by atoms with Gasteiger partial charge >= 0.3 is 6.18 Å². The Morgan fingerprint density at radius 1 is 1.00 bits per heavy atom. The third-order valence-electron chi connectivity index (χ3n) is 4.74. The van der Waals surface area contributed by atoms with E-state index in [2.05, 4.69) is 15.3 Å². The second-order valence-corrected chi connectivity index (χ2v) is 7.12. The van der Waals surface area contributed by atoms with E-state index in [1.807, 2.05) is 0 Å². The molecule has 0 bridgehead atoms. The molecule has 0 aliphatic rings. The maximum absolute atomic E-state index is 13.9. The number of halogens is 4. The predicted octanol–water partition coefficient (Wildman–Crippen LogP) is 5.30. The number of methoxy groups -OCH3 is 2. The summed E-state index contributed by atoms with van der Waals surface area (Å²) in [6, 6.07) is 5.14. The van der Waals surface area contributed by atoms with Crippen LogP contribution >= 0.6 is 0 Å². The molecule has 0 fully saturated rings. The van der Waals surface area contributed by atoms with Gasteiger partial charge in [0.05, 0.1) is 30.8 Å². The largest absolute Gasteiger partial charge is 0.493 e. The highest BCUT2D eigenvalue weighted by Crippen LogP contribution is 2.36. The fourth-order valence-corrected chi connectivity index (χ4v) is 3.18. The number of ether oxygens (including phenoxy) is 3. The Bertz CT molecular complexity index is 1110. The first-order valence-corrected chi connectivity index (χ1v) is 9.74. The van der Waals surface area contributed by atoms with Crippen LogP contribution in [0.4, 0.5) is 23.4 Å². The van der Waals surface area contributed by atoms with E-state index in [1.165, 1.54) is 7.11 Å². The Morgan fingerprint density at radius 2 is 1.75 bits per heavy atom. The van der Waals surface area contributed by atoms with E-state index in [-0.39, 0.29) is 12.2 Å². The zero-order chi connectivity index (χ0) is 23.5. The SMILES string of the molecule is COCCOc1cc2c(N[C@H](C)c3cc(F)cc(C(F)(F)F)c3)nc(C)nc2cc1OC. The van der Waals surface area contributed by atoms with E-state index in [1.54, 1.807) is 33.1 Å². The first kappa shape index (κ1) is 23.5. The van der Waals surface area contributed by atoms with Crippen LogP contribution < -0.4 is 14.8 Å². The van der Waals surface area contributed by atoms with Crippen molar-refractivity contribution >= 4 is 16.7 Å². The van der Waals surface area contributed by atoms with Gasteiger partial charge in [-0.1, -0.05) is 0 Å². The lowest BCUT2D eigenvalue weighted by Gasteiger charge is -2.19. The Hall–Kier alpha value is -3.14. The minimum absolute atomic E-state index is 0.131. The molecule has 1 heterocycles. The molecule has 0 spiro atoms. The molecule has 0 saturated heterocycles. The van der Waals surface area contributed by atoms with Gasteiger partial charge in [0.1, 0.15) is 24.1 Å². The van der Waals surface area contributed by atoms with Crippen LogP contribution in [-0.4, -0.2) is 37.4 Å². The molecule has 32 heavy (non-hydrogen) atoms. The van der Waals surface area contributed by atoms with Gasteiger partial charge in [0.15, 0.2) is 11.5 Å². The first-order chi connectivity index (χ1) is 15.1. The topological polar surface area (TPSA) is 65.5 Å². The Labute approximate surface area is 182 Å². The highest BCUT2D eigenvalue weighted by atomic mass is 19.4. The molecule has 3 aromatic rings. The third kappa shape index (κ3) is 5.37. The van der Waals surface area contributed by atoms with Gasteiger partial charge < -0.3 is 19.5 Å². The van der Waals surface area contributed by atoms with Gasteiger partial charge in [0.2, 0.25) is 0 Å². The summed E-state index contributed by atoms with van der Waals surface area (Å²) >= 11 is 0. The average molecular weight is 453 g/mol. The van der Waals surface area contributed by atoms with Crippen LogP contribution in [0.1, 0.15) is 29.9 Å². The summed E-state index contributed by atoms with van der Waals surface area (Å²) in [7, 11) is 3.06. The number of aromatic nitrogens is 2. The Kier molecular flexibility index (Phi) is 7.02. The highest BCUT2D eigenvalue weighted by Gasteiger charge is 2.31. The number of aryl methyl sites for hydroxylation is 1. The molecule has 1 N–H and O–H groups in total. The van der Waals surface area contributed by atoms with Gasteiger partial charge in [-0.2, -0.15) is 13.2 Å². The predicted molar refractivity (Wildman–Crippen MR) is 112 cm³/mol. The number of nitrogens with one attached hydrogen (secondary N) is 1. The minimum Gasteiger partial charge on any atom is -0.493 e. The maximum Gasteiger partial charge on any atom is 0.416 e. The molecule has 0 amide bonds. The average Bonchev–Trinajstić information content (AvgIpc) is 2.72. The first-order valence-electron chi connectivity index (χ1n) is 9.74. The van der Waals surface area contributed by atoms with Gasteiger partial charge in [-0.15, -0.1) is 0 Å². The van der Waals surface area contributed by atoms with Crippen molar-refractivity contribution in [1.29, 1.82) is 0 Å². The van der Waals surface area contributed by atoms with Crippen LogP contribution in [0.2, 0.25) is 0 Å². The monoisotopic (exact) mass is 453 g/mol. The molecule has 6 nitrogen and oxygen atoms in total. The quantitative estimate of drug-likeness (QED) is 0.369. The van der Waals surface area contributed by atoms with Crippen molar-refractivity contribution in [2.45, 2.75) is 26.1 Å². The summed E-state index contributed by atoms with van der Waals surface area (Å²) in [5, 5.41) is 3.65. The van der Waals surface area contributed by atoms with Crippen LogP contribution in [-0.2, 0) is 10.9 Å². The smallest absolute Gasteiger partial charge is 0.416 e. The van der Waals surface area contributed by atoms with Crippen LogP contribution in [0.15, 0.2) is 30.3 Å². The van der Waals surface area contributed by atoms with E-state index < -0.39 is 23.6 Å². The number of hydrogen-bond donors (Lipinski definition) is 1. The summed E-state index contributed by atoms with van der Waals surface area (Å²) in [4.78, 5) is 8.80. The number of hydrogen-bond acceptors (Lipinski definition) is 6. The Balaban J connectivity index is 2.01. The third-order valence-corrected chi connectivity index (χ3v) is 4.74. The second kappa shape index (κ2) is 9.56. The number of fused-ring (bicyclic) bond motifs is 1. The normalized spacial score (nSPS) is 12.6. The number of nitrogens with zero attached hydrogens (tertiary/aromatic N) is 2. The van der Waals surface area contributed by atoms with Gasteiger partial charge in [-0.3, -0.25) is 0 Å². The van der Waals surface area contributed by atoms with Gasteiger partial charge in [-0.05, 0) is 43.7 Å². The van der Waals surface area contributed by atoms with E-state index in [4.69, 9.17) is 14.2 Å². The van der Waals surface area contributed by atoms with E-state index >= 15 is 0 Å². The van der Waals surface area contributed by atoms with E-state index in [0.29, 0.717) is 46.7 Å². The Morgan fingerprint density at radius 3 is 2.41 bits per heavy atom. The van der Waals surface area contributed by atoms with Crippen LogP contribution in [0, 0.1) is 12.7 Å². The lowest BCUT2D eigenvalue weighted by molar-refractivity contribution is -0.137. The van der Waals surface area contributed by atoms with Crippen molar-refractivity contribution in [3.63, 3.8) is 0 Å². The van der Waals surface area contributed by atoms with Crippen molar-refractivity contribution in [2.24, 2.45) is 0 Å². The molecule has 2 aromatic carbocycles. The van der Waals surface area contributed by atoms with Crippen LogP contribution in [0.3, 0.4) is 0 Å². The summed E-state index contributed by atoms with van der Waals surface area (Å²) in [6.07, 6.45) is -4.65. The van der Waals surface area contributed by atoms with Gasteiger partial charge in [0, 0.05) is 18.6 Å². The lowest BCUT2D eigenvalue weighted by atomic mass is 10.0. The fraction of sp³-hybridized carbons (Fsp3) is 0.364. The molecule has 0 aliphatic carbocycles. The number of anilines is 1. The molecule has 3 rings (SSSR count). The van der Waals surface area contributed by atoms with Crippen molar-refractivity contribution < 1.29 is 31.8 Å². The van der Waals surface area contributed by atoms with Crippen LogP contribution in [0.5, 0.6) is 11.5 Å². The molecule has 0 aliphatic heterocycles. The molecule has 0 unspecified atom stereocenters. The van der Waals surface area contributed by atoms with Gasteiger partial charge in [0.25, 0.3) is 0 Å². The standard InChI is InChI=1S/C22H23F4N3O3/c1-12(14-7-15(22(24,25)26)9-16(23)8-14)27-21-17-10-20(32-6-5-30-3)19(31-4)11-18(17)28-13(2)29-21/h7-12H,5-6H2,1-4H3,(H,27,28,29)/t12-/m1/s1. The fourth-order valence-electron chi connectivity index (χ4n) is 3.18. The molecule has 0 saturated carbocycles. The molecule has 1 atom stereocenters. The number of rotatable bonds is 8. The molecule has 1 aromatic heterocycles. The van der Waals surface area contributed by atoms with Gasteiger partial charge in [-0.25, -0.2) is 14.4 Å². The van der Waals surface area contributed by atoms with Crippen molar-refractivity contribution in [3.8, 4) is 11.5 Å². The molecule has 0 radical (unpaired) electrons. The van der Waals surface area contributed by atoms with E-state index in [9.17, 15) is 17.6 Å². The zero-order valence-electron chi connectivity index (χ0n) is 18.0. The minimum atomic E-state index is -4.65. The number of benzene rings is 2. The summed E-state index contributed by atoms with van der Waals surface area (Å²) in [6.45, 7) is 3.97.